The summed E-state index contributed by atoms with van der Waals surface area (Å²) in [6, 6.07) is 19.1. The van der Waals surface area contributed by atoms with Gasteiger partial charge in [-0.15, -0.1) is 0 Å². The Kier molecular flexibility index (Phi) is 4.66. The first-order valence-electron chi connectivity index (χ1n) is 7.67. The van der Waals surface area contributed by atoms with Crippen molar-refractivity contribution >= 4 is 0 Å². The van der Waals surface area contributed by atoms with Crippen molar-refractivity contribution in [3.05, 3.63) is 77.5 Å². The second-order valence-electron chi connectivity index (χ2n) is 5.55. The predicted octanol–water partition coefficient (Wildman–Crippen LogP) is 3.72. The van der Waals surface area contributed by atoms with E-state index in [1.807, 2.05) is 6.20 Å². The first-order valence-corrected chi connectivity index (χ1v) is 7.67. The lowest BCUT2D eigenvalue weighted by molar-refractivity contribution is 0.688. The van der Waals surface area contributed by atoms with Gasteiger partial charge in [0.05, 0.1) is 11.9 Å². The van der Waals surface area contributed by atoms with Gasteiger partial charge < -0.3 is 5.32 Å². The molecule has 0 bridgehead atoms. The standard InChI is InChI=1S/C19H21N3/c1-15-7-9-17(10-8-15)19-18(14-21-22-19)13-20-12-11-16-5-3-2-4-6-16/h2-10,14,20H,11-13H2,1H3,(H,21,22). The summed E-state index contributed by atoms with van der Waals surface area (Å²) in [5.41, 5.74) is 6.12. The molecular weight excluding hydrogens is 270 g/mol. The summed E-state index contributed by atoms with van der Waals surface area (Å²) in [4.78, 5) is 0. The Balaban J connectivity index is 1.57. The van der Waals surface area contributed by atoms with Crippen LogP contribution in [0.25, 0.3) is 11.3 Å². The van der Waals surface area contributed by atoms with Crippen LogP contribution in [-0.4, -0.2) is 16.7 Å². The highest BCUT2D eigenvalue weighted by molar-refractivity contribution is 5.62. The second-order valence-corrected chi connectivity index (χ2v) is 5.55. The maximum atomic E-state index is 4.19. The van der Waals surface area contributed by atoms with Gasteiger partial charge in [0.1, 0.15) is 0 Å². The summed E-state index contributed by atoms with van der Waals surface area (Å²) in [6.07, 6.45) is 2.95. The zero-order valence-electron chi connectivity index (χ0n) is 12.8. The topological polar surface area (TPSA) is 40.7 Å². The number of aromatic nitrogens is 2. The Labute approximate surface area is 131 Å². The third kappa shape index (κ3) is 3.62. The van der Waals surface area contributed by atoms with Crippen LogP contribution in [0.5, 0.6) is 0 Å². The van der Waals surface area contributed by atoms with Gasteiger partial charge >= 0.3 is 0 Å². The molecule has 3 nitrogen and oxygen atoms in total. The van der Waals surface area contributed by atoms with Gasteiger partial charge in [0.25, 0.3) is 0 Å². The molecule has 22 heavy (non-hydrogen) atoms. The highest BCUT2D eigenvalue weighted by Gasteiger charge is 2.07. The molecule has 0 spiro atoms. The van der Waals surface area contributed by atoms with E-state index in [0.717, 1.165) is 25.2 Å². The summed E-state index contributed by atoms with van der Waals surface area (Å²) in [5.74, 6) is 0. The van der Waals surface area contributed by atoms with Crippen molar-refractivity contribution in [1.82, 2.24) is 15.5 Å². The molecule has 1 aromatic heterocycles. The van der Waals surface area contributed by atoms with Crippen molar-refractivity contribution in [1.29, 1.82) is 0 Å². The first-order chi connectivity index (χ1) is 10.8. The van der Waals surface area contributed by atoms with Gasteiger partial charge in [-0.3, -0.25) is 5.10 Å². The minimum Gasteiger partial charge on any atom is -0.312 e. The van der Waals surface area contributed by atoms with E-state index in [1.165, 1.54) is 22.3 Å². The molecule has 0 atom stereocenters. The van der Waals surface area contributed by atoms with E-state index in [1.54, 1.807) is 0 Å². The summed E-state index contributed by atoms with van der Waals surface area (Å²) in [7, 11) is 0. The van der Waals surface area contributed by atoms with Gasteiger partial charge in [-0.1, -0.05) is 60.2 Å². The number of aryl methyl sites for hydroxylation is 1. The Hall–Kier alpha value is -2.39. The van der Waals surface area contributed by atoms with E-state index in [-0.39, 0.29) is 0 Å². The molecule has 2 N–H and O–H groups in total. The molecule has 0 saturated carbocycles. The van der Waals surface area contributed by atoms with E-state index < -0.39 is 0 Å². The molecule has 3 aromatic rings. The Bertz CT molecular complexity index is 699. The fraction of sp³-hybridized carbons (Fsp3) is 0.211. The van der Waals surface area contributed by atoms with Gasteiger partial charge in [-0.25, -0.2) is 0 Å². The lowest BCUT2D eigenvalue weighted by Crippen LogP contribution is -2.16. The lowest BCUT2D eigenvalue weighted by Gasteiger charge is -2.06. The number of rotatable bonds is 6. The third-order valence-electron chi connectivity index (χ3n) is 3.81. The zero-order chi connectivity index (χ0) is 15.2. The minimum atomic E-state index is 0.826. The van der Waals surface area contributed by atoms with Crippen molar-refractivity contribution < 1.29 is 0 Å². The van der Waals surface area contributed by atoms with Crippen molar-refractivity contribution in [2.45, 2.75) is 19.9 Å². The number of nitrogens with one attached hydrogen (secondary N) is 2. The normalized spacial score (nSPS) is 10.8. The fourth-order valence-corrected chi connectivity index (χ4v) is 2.52. The largest absolute Gasteiger partial charge is 0.312 e. The number of benzene rings is 2. The van der Waals surface area contributed by atoms with Crippen molar-refractivity contribution in [3.63, 3.8) is 0 Å². The molecule has 2 aromatic carbocycles. The highest BCUT2D eigenvalue weighted by atomic mass is 15.1. The van der Waals surface area contributed by atoms with Crippen LogP contribution in [0.3, 0.4) is 0 Å². The number of aromatic amines is 1. The third-order valence-corrected chi connectivity index (χ3v) is 3.81. The van der Waals surface area contributed by atoms with E-state index in [9.17, 15) is 0 Å². The van der Waals surface area contributed by atoms with Gasteiger partial charge in [-0.05, 0) is 31.0 Å². The van der Waals surface area contributed by atoms with Crippen LogP contribution in [0.15, 0.2) is 60.8 Å². The molecule has 0 saturated heterocycles. The van der Waals surface area contributed by atoms with E-state index in [4.69, 9.17) is 0 Å². The number of H-pyrrole nitrogens is 1. The minimum absolute atomic E-state index is 0.826. The average Bonchev–Trinajstić information content (AvgIpc) is 3.02. The molecule has 1 heterocycles. The number of hydrogen-bond acceptors (Lipinski definition) is 2. The van der Waals surface area contributed by atoms with E-state index in [2.05, 4.69) is 77.0 Å². The quantitative estimate of drug-likeness (QED) is 0.680. The van der Waals surface area contributed by atoms with Crippen LogP contribution in [0.4, 0.5) is 0 Å². The van der Waals surface area contributed by atoms with Crippen LogP contribution in [0, 0.1) is 6.92 Å². The highest BCUT2D eigenvalue weighted by Crippen LogP contribution is 2.21. The molecule has 0 aliphatic carbocycles. The molecular formula is C19H21N3. The van der Waals surface area contributed by atoms with Crippen LogP contribution in [0.1, 0.15) is 16.7 Å². The second kappa shape index (κ2) is 7.05. The summed E-state index contributed by atoms with van der Waals surface area (Å²) in [6.45, 7) is 3.89. The summed E-state index contributed by atoms with van der Waals surface area (Å²) >= 11 is 0. The predicted molar refractivity (Wildman–Crippen MR) is 90.6 cm³/mol. The molecule has 3 rings (SSSR count). The zero-order valence-corrected chi connectivity index (χ0v) is 12.8. The average molecular weight is 291 g/mol. The summed E-state index contributed by atoms with van der Waals surface area (Å²) < 4.78 is 0. The van der Waals surface area contributed by atoms with Gasteiger partial charge in [0.2, 0.25) is 0 Å². The maximum Gasteiger partial charge on any atom is 0.0695 e. The fourth-order valence-electron chi connectivity index (χ4n) is 2.52. The molecule has 3 heteroatoms. The summed E-state index contributed by atoms with van der Waals surface area (Å²) in [5, 5.41) is 10.8. The van der Waals surface area contributed by atoms with Crippen molar-refractivity contribution in [3.8, 4) is 11.3 Å². The van der Waals surface area contributed by atoms with Crippen molar-refractivity contribution in [2.24, 2.45) is 0 Å². The number of hydrogen-bond donors (Lipinski definition) is 2. The Morgan fingerprint density at radius 3 is 2.55 bits per heavy atom. The van der Waals surface area contributed by atoms with E-state index in [0.29, 0.717) is 0 Å². The molecule has 0 fully saturated rings. The SMILES string of the molecule is Cc1ccc(-c2[nH]ncc2CNCCc2ccccc2)cc1. The van der Waals surface area contributed by atoms with Gasteiger partial charge in [0, 0.05) is 12.1 Å². The van der Waals surface area contributed by atoms with Crippen LogP contribution in [0.2, 0.25) is 0 Å². The van der Waals surface area contributed by atoms with Crippen LogP contribution in [-0.2, 0) is 13.0 Å². The Morgan fingerprint density at radius 1 is 1.00 bits per heavy atom. The smallest absolute Gasteiger partial charge is 0.0695 e. The van der Waals surface area contributed by atoms with E-state index >= 15 is 0 Å². The molecule has 112 valence electrons. The van der Waals surface area contributed by atoms with Crippen LogP contribution < -0.4 is 5.32 Å². The lowest BCUT2D eigenvalue weighted by atomic mass is 10.1. The molecule has 0 aliphatic heterocycles. The molecule has 0 unspecified atom stereocenters. The molecule has 0 aliphatic rings. The van der Waals surface area contributed by atoms with Crippen LogP contribution >= 0.6 is 0 Å². The number of nitrogens with zero attached hydrogens (tertiary/aromatic N) is 1. The Morgan fingerprint density at radius 2 is 1.77 bits per heavy atom. The maximum absolute atomic E-state index is 4.19. The van der Waals surface area contributed by atoms with Gasteiger partial charge in [-0.2, -0.15) is 5.10 Å². The van der Waals surface area contributed by atoms with Crippen molar-refractivity contribution in [2.75, 3.05) is 6.54 Å². The monoisotopic (exact) mass is 291 g/mol. The first kappa shape index (κ1) is 14.5. The van der Waals surface area contributed by atoms with Gasteiger partial charge in [0.15, 0.2) is 0 Å². The molecule has 0 amide bonds. The molecule has 0 radical (unpaired) electrons.